The van der Waals surface area contributed by atoms with Crippen LogP contribution in [0.2, 0.25) is 0 Å². The molecule has 1 N–H and O–H groups in total. The Bertz CT molecular complexity index is 1890. The SMILES string of the molecule is CC/C=C\C/C=C\C/C=C\C/C=C\CCCCCCCCCCCCCCCCCCCCCCCCCCCCCCC(=O)OC(COC(=O)CCCCCCCCCCCCCCCCCCCCCCCCCCCCCCCCCCCCCCCCC)COP(=O)(O)OCC[N+](C)(C)C. The Morgan fingerprint density at radius 2 is 0.548 bits per heavy atom. The number of carbonyl (C=O) groups excluding carboxylic acids is 2. The van der Waals surface area contributed by atoms with Crippen LogP contribution in [0.5, 0.6) is 0 Å². The molecule has 0 saturated carbocycles. The Labute approximate surface area is 649 Å². The topological polar surface area (TPSA) is 108 Å². The quantitative estimate of drug-likeness (QED) is 0.0211. The first-order chi connectivity index (χ1) is 51.0. The Kier molecular flexibility index (Phi) is 83.3. The van der Waals surface area contributed by atoms with Gasteiger partial charge >= 0.3 is 19.8 Å². The number of quaternary nitrogens is 1. The van der Waals surface area contributed by atoms with Gasteiger partial charge in [-0.1, -0.05) is 473 Å². The first kappa shape index (κ1) is 102. The monoisotopic (exact) mass is 1480 g/mol. The van der Waals surface area contributed by atoms with Gasteiger partial charge in [-0.25, -0.2) is 4.57 Å². The average Bonchev–Trinajstić information content (AvgIpc) is 0.920. The number of phosphoric ester groups is 1. The van der Waals surface area contributed by atoms with Crippen molar-refractivity contribution in [3.05, 3.63) is 48.6 Å². The van der Waals surface area contributed by atoms with Crippen molar-refractivity contribution < 1.29 is 42.1 Å². The highest BCUT2D eigenvalue weighted by atomic mass is 31.2. The highest BCUT2D eigenvalue weighted by Crippen LogP contribution is 2.43. The molecule has 0 aliphatic carbocycles. The fraction of sp³-hybridized carbons (Fsp3) is 0.894. The number of phosphoric acid groups is 1. The molecule has 0 aromatic carbocycles. The van der Waals surface area contributed by atoms with E-state index >= 15 is 0 Å². The molecule has 0 saturated heterocycles. The lowest BCUT2D eigenvalue weighted by molar-refractivity contribution is -0.870. The molecule has 0 aromatic heterocycles. The number of allylic oxidation sites excluding steroid dienone is 8. The van der Waals surface area contributed by atoms with Gasteiger partial charge < -0.3 is 18.9 Å². The predicted octanol–water partition coefficient (Wildman–Crippen LogP) is 31.4. The van der Waals surface area contributed by atoms with Gasteiger partial charge in [0.25, 0.3) is 0 Å². The van der Waals surface area contributed by atoms with Crippen LogP contribution in [0.1, 0.15) is 489 Å². The van der Waals surface area contributed by atoms with Gasteiger partial charge in [0.15, 0.2) is 6.10 Å². The van der Waals surface area contributed by atoms with Gasteiger partial charge in [-0.05, 0) is 51.4 Å². The molecule has 10 heteroatoms. The molecule has 0 aliphatic heterocycles. The van der Waals surface area contributed by atoms with Crippen LogP contribution in [-0.2, 0) is 32.7 Å². The number of esters is 2. The van der Waals surface area contributed by atoms with E-state index in [-0.39, 0.29) is 25.6 Å². The van der Waals surface area contributed by atoms with Crippen molar-refractivity contribution in [2.45, 2.75) is 495 Å². The van der Waals surface area contributed by atoms with Gasteiger partial charge in [-0.3, -0.25) is 18.6 Å². The van der Waals surface area contributed by atoms with Crippen LogP contribution in [0.15, 0.2) is 48.6 Å². The summed E-state index contributed by atoms with van der Waals surface area (Å²) in [6.07, 6.45) is 115. The molecule has 2 atom stereocenters. The van der Waals surface area contributed by atoms with Crippen LogP contribution in [0.3, 0.4) is 0 Å². The van der Waals surface area contributed by atoms with Crippen LogP contribution >= 0.6 is 7.82 Å². The van der Waals surface area contributed by atoms with Gasteiger partial charge in [-0.2, -0.15) is 0 Å². The maximum Gasteiger partial charge on any atom is 0.472 e. The normalized spacial score (nSPS) is 13.1. The lowest BCUT2D eigenvalue weighted by atomic mass is 10.0. The summed E-state index contributed by atoms with van der Waals surface area (Å²) in [5, 5.41) is 0. The molecule has 614 valence electrons. The molecule has 9 nitrogen and oxygen atoms in total. The van der Waals surface area contributed by atoms with E-state index in [1.807, 2.05) is 21.1 Å². The molecule has 2 unspecified atom stereocenters. The van der Waals surface area contributed by atoms with Crippen LogP contribution in [-0.4, -0.2) is 74.9 Å². The highest BCUT2D eigenvalue weighted by molar-refractivity contribution is 7.47. The Morgan fingerprint density at radius 1 is 0.308 bits per heavy atom. The number of hydrogen-bond acceptors (Lipinski definition) is 7. The number of unbranched alkanes of at least 4 members (excludes halogenated alkanes) is 66. The maximum atomic E-state index is 13.0. The standard InChI is InChI=1S/C94H180NO8P/c1-6-8-10-12-14-16-18-20-22-24-26-28-30-32-34-36-38-40-42-44-46-47-49-51-53-55-57-59-61-63-65-67-69-71-73-75-77-79-81-83-85-87-94(97)103-92(91-102-104(98,99)101-89-88-95(3,4)5)90-100-93(96)86-84-82-80-78-76-74-72-70-68-66-64-62-60-58-56-54-52-50-48-45-43-41-39-37-35-33-31-29-27-25-23-21-19-17-15-13-11-9-7-2/h8,10,14,16,20,22,26,28,92H,6-7,9,11-13,15,17-19,21,23-25,27,29-91H2,1-5H3/p+1/b10-8-,16-14-,22-20-,28-26-. The first-order valence-electron chi connectivity index (χ1n) is 46.4. The van der Waals surface area contributed by atoms with E-state index in [9.17, 15) is 19.0 Å². The van der Waals surface area contributed by atoms with Gasteiger partial charge in [0.05, 0.1) is 27.7 Å². The summed E-state index contributed by atoms with van der Waals surface area (Å²) in [5.74, 6) is -0.766. The number of likely N-dealkylation sites (N-methyl/N-ethyl adjacent to an activating group) is 1. The van der Waals surface area contributed by atoms with Crippen LogP contribution < -0.4 is 0 Å². The fourth-order valence-corrected chi connectivity index (χ4v) is 15.1. The second-order valence-corrected chi connectivity index (χ2v) is 34.5. The van der Waals surface area contributed by atoms with Crippen molar-refractivity contribution in [2.24, 2.45) is 0 Å². The molecule has 0 bridgehead atoms. The van der Waals surface area contributed by atoms with Crippen molar-refractivity contribution in [2.75, 3.05) is 47.5 Å². The van der Waals surface area contributed by atoms with Gasteiger partial charge in [0.1, 0.15) is 19.8 Å². The average molecular weight is 1480 g/mol. The molecule has 104 heavy (non-hydrogen) atoms. The van der Waals surface area contributed by atoms with Crippen molar-refractivity contribution in [3.63, 3.8) is 0 Å². The number of hydrogen-bond donors (Lipinski definition) is 1. The molecule has 0 aromatic rings. The zero-order valence-electron chi connectivity index (χ0n) is 70.5. The van der Waals surface area contributed by atoms with Gasteiger partial charge in [-0.15, -0.1) is 0 Å². The highest BCUT2D eigenvalue weighted by Gasteiger charge is 2.27. The summed E-state index contributed by atoms with van der Waals surface area (Å²) in [7, 11) is 1.51. The summed E-state index contributed by atoms with van der Waals surface area (Å²) in [4.78, 5) is 36.1. The Balaban J connectivity index is 3.81. The van der Waals surface area contributed by atoms with Crippen molar-refractivity contribution in [3.8, 4) is 0 Å². The number of ether oxygens (including phenoxy) is 2. The first-order valence-corrected chi connectivity index (χ1v) is 47.9. The predicted molar refractivity (Wildman–Crippen MR) is 455 cm³/mol. The van der Waals surface area contributed by atoms with E-state index in [1.165, 1.54) is 398 Å². The molecule has 0 rings (SSSR count). The van der Waals surface area contributed by atoms with Crippen LogP contribution in [0, 0.1) is 0 Å². The molecular formula is C94H181NO8P+. The van der Waals surface area contributed by atoms with Crippen LogP contribution in [0.4, 0.5) is 0 Å². The smallest absolute Gasteiger partial charge is 0.462 e. The number of rotatable bonds is 88. The molecule has 0 spiro atoms. The minimum atomic E-state index is -4.40. The molecule has 0 radical (unpaired) electrons. The summed E-state index contributed by atoms with van der Waals surface area (Å²) < 4.78 is 34.9. The third kappa shape index (κ3) is 88.9. The van der Waals surface area contributed by atoms with E-state index in [1.54, 1.807) is 0 Å². The van der Waals surface area contributed by atoms with E-state index in [4.69, 9.17) is 18.5 Å². The van der Waals surface area contributed by atoms with Crippen molar-refractivity contribution in [1.82, 2.24) is 0 Å². The molecule has 0 amide bonds. The third-order valence-electron chi connectivity index (χ3n) is 21.4. The van der Waals surface area contributed by atoms with E-state index < -0.39 is 26.5 Å². The van der Waals surface area contributed by atoms with Crippen molar-refractivity contribution in [1.29, 1.82) is 0 Å². The Morgan fingerprint density at radius 3 is 0.817 bits per heavy atom. The summed E-state index contributed by atoms with van der Waals surface area (Å²) in [5.41, 5.74) is 0. The maximum absolute atomic E-state index is 13.0. The fourth-order valence-electron chi connectivity index (χ4n) is 14.4. The minimum absolute atomic E-state index is 0.0359. The Hall–Kier alpha value is -2.03. The van der Waals surface area contributed by atoms with Crippen molar-refractivity contribution >= 4 is 19.8 Å². The molecule has 0 aliphatic rings. The van der Waals surface area contributed by atoms with E-state index in [0.29, 0.717) is 17.4 Å². The summed E-state index contributed by atoms with van der Waals surface area (Å²) >= 11 is 0. The zero-order valence-corrected chi connectivity index (χ0v) is 71.4. The second kappa shape index (κ2) is 85.0. The molecule has 0 fully saturated rings. The van der Waals surface area contributed by atoms with Gasteiger partial charge in [0.2, 0.25) is 0 Å². The third-order valence-corrected chi connectivity index (χ3v) is 22.4. The number of carbonyl (C=O) groups is 2. The van der Waals surface area contributed by atoms with Gasteiger partial charge in [0, 0.05) is 12.8 Å². The molecular weight excluding hydrogens is 1300 g/mol. The summed E-state index contributed by atoms with van der Waals surface area (Å²) in [6, 6.07) is 0. The van der Waals surface area contributed by atoms with E-state index in [2.05, 4.69) is 62.5 Å². The van der Waals surface area contributed by atoms with Crippen LogP contribution in [0.25, 0.3) is 0 Å². The number of nitrogens with zero attached hydrogens (tertiary/aromatic N) is 1. The van der Waals surface area contributed by atoms with E-state index in [0.717, 1.165) is 64.2 Å². The lowest BCUT2D eigenvalue weighted by Crippen LogP contribution is -2.37. The summed E-state index contributed by atoms with van der Waals surface area (Å²) in [6.45, 7) is 4.42. The largest absolute Gasteiger partial charge is 0.472 e. The lowest BCUT2D eigenvalue weighted by Gasteiger charge is -2.24. The minimum Gasteiger partial charge on any atom is -0.462 e. The molecule has 0 heterocycles. The zero-order chi connectivity index (χ0) is 75.4. The second-order valence-electron chi connectivity index (χ2n) is 33.0.